The van der Waals surface area contributed by atoms with Crippen molar-refractivity contribution >= 4 is 15.9 Å². The first-order valence-corrected chi connectivity index (χ1v) is 8.04. The number of hydrogen-bond donors (Lipinski definition) is 1. The minimum atomic E-state index is 0.362. The first-order chi connectivity index (χ1) is 9.08. The lowest BCUT2D eigenvalue weighted by Gasteiger charge is -2.35. The Labute approximate surface area is 125 Å². The highest BCUT2D eigenvalue weighted by atomic mass is 79.9. The number of hydrogen-bond acceptors (Lipinski definition) is 2. The lowest BCUT2D eigenvalue weighted by Crippen LogP contribution is -2.42. The summed E-state index contributed by atoms with van der Waals surface area (Å²) in [7, 11) is 0. The van der Waals surface area contributed by atoms with Gasteiger partial charge < -0.3 is 10.1 Å². The van der Waals surface area contributed by atoms with Crippen LogP contribution in [0.4, 0.5) is 0 Å². The van der Waals surface area contributed by atoms with Crippen molar-refractivity contribution in [3.8, 4) is 0 Å². The van der Waals surface area contributed by atoms with Gasteiger partial charge >= 0.3 is 0 Å². The Morgan fingerprint density at radius 3 is 2.58 bits per heavy atom. The molecule has 0 spiro atoms. The predicted octanol–water partition coefficient (Wildman–Crippen LogP) is 4.45. The molecule has 3 atom stereocenters. The van der Waals surface area contributed by atoms with Gasteiger partial charge in [0.05, 0.1) is 12.2 Å². The zero-order valence-corrected chi connectivity index (χ0v) is 13.6. The van der Waals surface area contributed by atoms with Gasteiger partial charge in [0.2, 0.25) is 0 Å². The third-order valence-electron chi connectivity index (χ3n) is 3.79. The Morgan fingerprint density at radius 2 is 2.00 bits per heavy atom. The second-order valence-corrected chi connectivity index (χ2v) is 6.52. The molecule has 1 heterocycles. The van der Waals surface area contributed by atoms with Crippen molar-refractivity contribution in [2.45, 2.75) is 64.3 Å². The van der Waals surface area contributed by atoms with E-state index in [1.807, 2.05) is 0 Å². The van der Waals surface area contributed by atoms with Crippen LogP contribution in [0.2, 0.25) is 0 Å². The molecule has 19 heavy (non-hydrogen) atoms. The fourth-order valence-corrected chi connectivity index (χ4v) is 3.42. The van der Waals surface area contributed by atoms with Crippen LogP contribution < -0.4 is 5.32 Å². The topological polar surface area (TPSA) is 21.3 Å². The van der Waals surface area contributed by atoms with Gasteiger partial charge in [0.25, 0.3) is 0 Å². The van der Waals surface area contributed by atoms with Crippen molar-refractivity contribution in [2.75, 3.05) is 0 Å². The summed E-state index contributed by atoms with van der Waals surface area (Å²) < 4.78 is 6.96. The zero-order valence-electron chi connectivity index (χ0n) is 12.0. The summed E-state index contributed by atoms with van der Waals surface area (Å²) in [4.78, 5) is 0. The highest BCUT2D eigenvalue weighted by molar-refractivity contribution is 9.10. The first kappa shape index (κ1) is 15.0. The predicted molar refractivity (Wildman–Crippen MR) is 83.3 cm³/mol. The number of halogens is 1. The van der Waals surface area contributed by atoms with Gasteiger partial charge in [0.1, 0.15) is 0 Å². The molecule has 1 aromatic carbocycles. The molecule has 0 aromatic heterocycles. The molecule has 1 N–H and O–H groups in total. The summed E-state index contributed by atoms with van der Waals surface area (Å²) in [5, 5.41) is 3.81. The Hall–Kier alpha value is -0.380. The summed E-state index contributed by atoms with van der Waals surface area (Å²) in [6.45, 7) is 6.58. The van der Waals surface area contributed by atoms with E-state index in [1.165, 1.54) is 5.56 Å². The van der Waals surface area contributed by atoms with E-state index >= 15 is 0 Å². The van der Waals surface area contributed by atoms with Gasteiger partial charge in [-0.1, -0.05) is 35.0 Å². The summed E-state index contributed by atoms with van der Waals surface area (Å²) >= 11 is 3.56. The minimum absolute atomic E-state index is 0.362. The van der Waals surface area contributed by atoms with Crippen LogP contribution in [-0.4, -0.2) is 18.2 Å². The highest BCUT2D eigenvalue weighted by Gasteiger charge is 2.26. The fraction of sp³-hybridized carbons (Fsp3) is 0.625. The Bertz CT molecular complexity index is 399. The van der Waals surface area contributed by atoms with E-state index in [0.29, 0.717) is 24.3 Å². The van der Waals surface area contributed by atoms with Crippen LogP contribution >= 0.6 is 15.9 Å². The zero-order chi connectivity index (χ0) is 13.8. The molecule has 3 heteroatoms. The van der Waals surface area contributed by atoms with Crippen LogP contribution in [0.15, 0.2) is 28.7 Å². The van der Waals surface area contributed by atoms with Crippen LogP contribution in [0.3, 0.4) is 0 Å². The maximum atomic E-state index is 5.81. The molecule has 0 aliphatic carbocycles. The monoisotopic (exact) mass is 325 g/mol. The van der Waals surface area contributed by atoms with Crippen molar-refractivity contribution in [2.24, 2.45) is 0 Å². The van der Waals surface area contributed by atoms with Gasteiger partial charge in [-0.3, -0.25) is 0 Å². The molecule has 106 valence electrons. The molecule has 0 radical (unpaired) electrons. The number of benzene rings is 1. The molecule has 2 rings (SSSR count). The molecule has 3 unspecified atom stereocenters. The van der Waals surface area contributed by atoms with E-state index in [4.69, 9.17) is 4.74 Å². The van der Waals surface area contributed by atoms with Gasteiger partial charge in [0, 0.05) is 16.6 Å². The van der Waals surface area contributed by atoms with Gasteiger partial charge in [-0.2, -0.15) is 0 Å². The standard InChI is InChI=1S/C16H24BrNO/c1-4-16(13-6-5-7-14(17)10-13)18-15-8-11(2)19-12(3)9-15/h5-7,10-12,15-16,18H,4,8-9H2,1-3H3. The van der Waals surface area contributed by atoms with Gasteiger partial charge in [-0.05, 0) is 50.8 Å². The Kier molecular flexibility index (Phi) is 5.43. The fourth-order valence-electron chi connectivity index (χ4n) is 3.00. The summed E-state index contributed by atoms with van der Waals surface area (Å²) in [6, 6.07) is 9.60. The number of ether oxygens (including phenoxy) is 1. The van der Waals surface area contributed by atoms with Crippen molar-refractivity contribution < 1.29 is 4.74 Å². The number of rotatable bonds is 4. The lowest BCUT2D eigenvalue weighted by molar-refractivity contribution is -0.0437. The lowest BCUT2D eigenvalue weighted by atomic mass is 9.96. The second kappa shape index (κ2) is 6.87. The largest absolute Gasteiger partial charge is 0.375 e. The Morgan fingerprint density at radius 1 is 1.32 bits per heavy atom. The maximum absolute atomic E-state index is 5.81. The van der Waals surface area contributed by atoms with E-state index in [0.717, 1.165) is 23.7 Å². The maximum Gasteiger partial charge on any atom is 0.0565 e. The number of nitrogens with one attached hydrogen (secondary N) is 1. The van der Waals surface area contributed by atoms with Crippen LogP contribution in [0.25, 0.3) is 0 Å². The molecule has 0 bridgehead atoms. The third kappa shape index (κ3) is 4.30. The van der Waals surface area contributed by atoms with E-state index in [-0.39, 0.29) is 0 Å². The summed E-state index contributed by atoms with van der Waals surface area (Å²) in [5.41, 5.74) is 1.36. The smallest absolute Gasteiger partial charge is 0.0565 e. The molecular formula is C16H24BrNO. The molecule has 1 fully saturated rings. The highest BCUT2D eigenvalue weighted by Crippen LogP contribution is 2.25. The van der Waals surface area contributed by atoms with E-state index < -0.39 is 0 Å². The molecule has 2 nitrogen and oxygen atoms in total. The van der Waals surface area contributed by atoms with E-state index in [9.17, 15) is 0 Å². The van der Waals surface area contributed by atoms with Crippen molar-refractivity contribution in [1.29, 1.82) is 0 Å². The molecule has 1 aliphatic heterocycles. The SMILES string of the molecule is CCC(NC1CC(C)OC(C)C1)c1cccc(Br)c1. The third-order valence-corrected chi connectivity index (χ3v) is 4.29. The van der Waals surface area contributed by atoms with Gasteiger partial charge in [-0.25, -0.2) is 0 Å². The van der Waals surface area contributed by atoms with Crippen LogP contribution in [0, 0.1) is 0 Å². The van der Waals surface area contributed by atoms with E-state index in [2.05, 4.69) is 66.3 Å². The molecule has 1 saturated heterocycles. The average Bonchev–Trinajstić information content (AvgIpc) is 2.34. The van der Waals surface area contributed by atoms with E-state index in [1.54, 1.807) is 0 Å². The molecular weight excluding hydrogens is 302 g/mol. The van der Waals surface area contributed by atoms with Crippen LogP contribution in [-0.2, 0) is 4.74 Å². The average molecular weight is 326 g/mol. The summed E-state index contributed by atoms with van der Waals surface area (Å²) in [5.74, 6) is 0. The summed E-state index contributed by atoms with van der Waals surface area (Å²) in [6.07, 6.45) is 4.04. The Balaban J connectivity index is 2.02. The molecule has 1 aliphatic rings. The van der Waals surface area contributed by atoms with Crippen molar-refractivity contribution in [3.63, 3.8) is 0 Å². The molecule has 1 aromatic rings. The van der Waals surface area contributed by atoms with Crippen LogP contribution in [0.1, 0.15) is 51.6 Å². The van der Waals surface area contributed by atoms with Crippen molar-refractivity contribution in [1.82, 2.24) is 5.32 Å². The van der Waals surface area contributed by atoms with Gasteiger partial charge in [-0.15, -0.1) is 0 Å². The quantitative estimate of drug-likeness (QED) is 0.883. The second-order valence-electron chi connectivity index (χ2n) is 5.61. The van der Waals surface area contributed by atoms with Crippen LogP contribution in [0.5, 0.6) is 0 Å². The van der Waals surface area contributed by atoms with Gasteiger partial charge in [0.15, 0.2) is 0 Å². The minimum Gasteiger partial charge on any atom is -0.375 e. The van der Waals surface area contributed by atoms with Crippen molar-refractivity contribution in [3.05, 3.63) is 34.3 Å². The first-order valence-electron chi connectivity index (χ1n) is 7.25. The molecule has 0 saturated carbocycles. The molecule has 0 amide bonds. The normalized spacial score (nSPS) is 29.2.